The number of thiol groups is 1. The smallest absolute Gasteiger partial charge is 0.265 e. The van der Waals surface area contributed by atoms with Crippen molar-refractivity contribution in [1.82, 2.24) is 19.6 Å². The van der Waals surface area contributed by atoms with Gasteiger partial charge >= 0.3 is 0 Å². The average Bonchev–Trinajstić information content (AvgIpc) is 3.77. The van der Waals surface area contributed by atoms with Crippen LogP contribution in [-0.4, -0.2) is 113 Å². The molecule has 1 spiro atoms. The molecule has 2 aromatic rings. The van der Waals surface area contributed by atoms with Gasteiger partial charge in [0, 0.05) is 38.3 Å². The van der Waals surface area contributed by atoms with E-state index in [1.165, 1.54) is 38.4 Å². The van der Waals surface area contributed by atoms with Gasteiger partial charge in [-0.05, 0) is 41.0 Å². The summed E-state index contributed by atoms with van der Waals surface area (Å²) in [5.74, 6) is -1.42. The number of hydrogen-bond donors (Lipinski definition) is 5. The van der Waals surface area contributed by atoms with Crippen molar-refractivity contribution >= 4 is 79.0 Å². The lowest BCUT2D eigenvalue weighted by molar-refractivity contribution is -0.172. The number of nitrogens with one attached hydrogen (secondary N) is 2. The Morgan fingerprint density at radius 2 is 1.36 bits per heavy atom. The van der Waals surface area contributed by atoms with Crippen LogP contribution in [0.2, 0.25) is 0 Å². The first kappa shape index (κ1) is 30.3. The summed E-state index contributed by atoms with van der Waals surface area (Å²) in [7, 11) is 6.63. The van der Waals surface area contributed by atoms with Crippen LogP contribution in [0.1, 0.15) is 30.9 Å². The van der Waals surface area contributed by atoms with E-state index >= 15 is 0 Å². The number of fused-ring (bicyclic) bond motifs is 11. The van der Waals surface area contributed by atoms with Gasteiger partial charge in [0.05, 0.1) is 24.0 Å². The number of benzene rings is 2. The van der Waals surface area contributed by atoms with Crippen LogP contribution in [0.4, 0.5) is 11.4 Å². The number of likely N-dealkylation sites (N-methyl/N-ethyl adjacent to an activating group) is 2. The van der Waals surface area contributed by atoms with Crippen LogP contribution in [0.5, 0.6) is 0 Å². The highest BCUT2D eigenvalue weighted by Gasteiger charge is 2.86. The number of amides is 4. The maximum Gasteiger partial charge on any atom is 0.265 e. The number of aliphatic hydroxyl groups excluding tert-OH is 2. The third kappa shape index (κ3) is 2.86. The summed E-state index contributed by atoms with van der Waals surface area (Å²) >= 11 is 4.70. The molecule has 16 heteroatoms. The summed E-state index contributed by atoms with van der Waals surface area (Å²) in [6.07, 6.45) is -1.27. The molecule has 0 unspecified atom stereocenters. The molecule has 8 heterocycles. The summed E-state index contributed by atoms with van der Waals surface area (Å²) < 4.78 is 0. The van der Waals surface area contributed by atoms with Gasteiger partial charge in [-0.1, -0.05) is 58.0 Å². The minimum absolute atomic E-state index is 0.122. The molecule has 0 aromatic heterocycles. The molecule has 246 valence electrons. The Kier molecular flexibility index (Phi) is 5.85. The van der Waals surface area contributed by atoms with E-state index in [0.29, 0.717) is 0 Å². The molecule has 0 saturated carbocycles. The lowest BCUT2D eigenvalue weighted by Crippen LogP contribution is -2.77. The molecule has 12 nitrogen and oxygen atoms in total. The number of hydrogen-bond acceptors (Lipinski definition) is 12. The van der Waals surface area contributed by atoms with E-state index in [1.54, 1.807) is 23.8 Å². The van der Waals surface area contributed by atoms with Crippen LogP contribution in [0.3, 0.4) is 0 Å². The Morgan fingerprint density at radius 1 is 0.787 bits per heavy atom. The fourth-order valence-electron chi connectivity index (χ4n) is 9.80. The fourth-order valence-corrected chi connectivity index (χ4v) is 14.9. The number of nitrogens with zero attached hydrogens (tertiary/aromatic N) is 4. The van der Waals surface area contributed by atoms with Gasteiger partial charge in [0.15, 0.2) is 9.74 Å². The number of anilines is 2. The number of para-hydroxylation sites is 2. The Bertz CT molecular complexity index is 1850. The predicted molar refractivity (Wildman–Crippen MR) is 182 cm³/mol. The van der Waals surface area contributed by atoms with Crippen LogP contribution in [0.15, 0.2) is 48.5 Å². The molecule has 8 aliphatic heterocycles. The van der Waals surface area contributed by atoms with Crippen molar-refractivity contribution in [2.45, 2.75) is 63.1 Å². The summed E-state index contributed by atoms with van der Waals surface area (Å²) in [5, 5.41) is 28.5. The molecule has 4 amide bonds. The van der Waals surface area contributed by atoms with Crippen molar-refractivity contribution < 1.29 is 29.4 Å². The Balaban J connectivity index is 1.38. The van der Waals surface area contributed by atoms with Crippen molar-refractivity contribution in [2.24, 2.45) is 0 Å². The monoisotopic (exact) mass is 712 g/mol. The third-order valence-electron chi connectivity index (χ3n) is 12.2. The van der Waals surface area contributed by atoms with Crippen LogP contribution in [-0.2, 0) is 30.0 Å². The van der Waals surface area contributed by atoms with Crippen molar-refractivity contribution in [2.75, 3.05) is 37.9 Å². The maximum absolute atomic E-state index is 14.8. The lowest BCUT2D eigenvalue weighted by Gasteiger charge is -2.57. The van der Waals surface area contributed by atoms with E-state index in [2.05, 4.69) is 10.6 Å². The Morgan fingerprint density at radius 3 is 1.94 bits per heavy atom. The van der Waals surface area contributed by atoms with Crippen molar-refractivity contribution in [3.63, 3.8) is 0 Å². The largest absolute Gasteiger partial charge is 0.393 e. The normalized spacial score (nSPS) is 42.2. The van der Waals surface area contributed by atoms with Gasteiger partial charge in [-0.2, -0.15) is 0 Å². The van der Waals surface area contributed by atoms with Gasteiger partial charge in [-0.25, -0.2) is 0 Å². The molecule has 0 radical (unpaired) electrons. The van der Waals surface area contributed by atoms with E-state index in [0.717, 1.165) is 33.3 Å². The molecule has 10 rings (SSSR count). The highest BCUT2D eigenvalue weighted by atomic mass is 33.1. The quantitative estimate of drug-likeness (QED) is 0.233. The highest BCUT2D eigenvalue weighted by molar-refractivity contribution is 8.78. The molecule has 6 saturated heterocycles. The SMILES string of the molecule is CN1C(=O)[C@@]23C[C@]4([C@]56C[C@]7(SS)C(=O)N(C)[C@](C)(CO)C(=O)N7[C@H]5Nc5ccccc56)c5ccccc5N[C@@H]4N2C(=O)[C@]1(CO)SS3. The first-order chi connectivity index (χ1) is 22.4. The molecular weight excluding hydrogens is 681 g/mol. The molecule has 6 fully saturated rings. The maximum atomic E-state index is 14.8. The molecule has 2 aromatic carbocycles. The molecule has 4 N–H and O–H groups in total. The summed E-state index contributed by atoms with van der Waals surface area (Å²) in [6.45, 7) is 0.441. The van der Waals surface area contributed by atoms with Crippen LogP contribution < -0.4 is 10.6 Å². The van der Waals surface area contributed by atoms with Gasteiger partial charge in [0.25, 0.3) is 23.6 Å². The number of aliphatic hydroxyl groups is 2. The predicted octanol–water partition coefficient (Wildman–Crippen LogP) is 1.58. The minimum atomic E-state index is -1.53. The topological polar surface area (TPSA) is 146 Å². The molecule has 2 bridgehead atoms. The van der Waals surface area contributed by atoms with Crippen molar-refractivity contribution in [1.29, 1.82) is 0 Å². The van der Waals surface area contributed by atoms with Gasteiger partial charge in [0.2, 0.25) is 4.87 Å². The van der Waals surface area contributed by atoms with Crippen molar-refractivity contribution in [3.05, 3.63) is 59.7 Å². The number of carbonyl (C=O) groups excluding carboxylic acids is 4. The average molecular weight is 713 g/mol. The zero-order chi connectivity index (χ0) is 33.1. The van der Waals surface area contributed by atoms with Gasteiger partial charge < -0.3 is 30.6 Å². The highest BCUT2D eigenvalue weighted by Crippen LogP contribution is 2.77. The fraction of sp³-hybridized carbons (Fsp3) is 0.484. The second-order valence-corrected chi connectivity index (χ2v) is 17.9. The number of piperazine rings is 2. The second-order valence-electron chi connectivity index (χ2n) is 13.8. The van der Waals surface area contributed by atoms with Gasteiger partial charge in [-0.3, -0.25) is 29.0 Å². The number of carbonyl (C=O) groups is 4. The molecule has 8 aliphatic rings. The molecular formula is C31H32N6O6S4. The van der Waals surface area contributed by atoms with Crippen LogP contribution in [0.25, 0.3) is 0 Å². The first-order valence-corrected chi connectivity index (χ1v) is 19.3. The number of rotatable bonds is 4. The summed E-state index contributed by atoms with van der Waals surface area (Å²) in [5.41, 5.74) is -0.351. The first-order valence-electron chi connectivity index (χ1n) is 15.3. The van der Waals surface area contributed by atoms with Crippen LogP contribution >= 0.6 is 44.0 Å². The van der Waals surface area contributed by atoms with E-state index < -0.39 is 62.4 Å². The zero-order valence-corrected chi connectivity index (χ0v) is 28.9. The lowest BCUT2D eigenvalue weighted by atomic mass is 9.54. The van der Waals surface area contributed by atoms with E-state index in [1.807, 2.05) is 48.5 Å². The van der Waals surface area contributed by atoms with Crippen molar-refractivity contribution in [3.8, 4) is 0 Å². The zero-order valence-electron chi connectivity index (χ0n) is 25.6. The third-order valence-corrected chi connectivity index (χ3v) is 17.6. The molecule has 8 atom stereocenters. The summed E-state index contributed by atoms with van der Waals surface area (Å²) in [4.78, 5) is 60.4. The minimum Gasteiger partial charge on any atom is -0.393 e. The summed E-state index contributed by atoms with van der Waals surface area (Å²) in [6, 6.07) is 15.6. The molecule has 0 aliphatic carbocycles. The Labute approximate surface area is 287 Å². The van der Waals surface area contributed by atoms with E-state index in [4.69, 9.17) is 11.7 Å². The van der Waals surface area contributed by atoms with Crippen LogP contribution in [0, 0.1) is 0 Å². The standard InChI is InChI=1S/C31H32N6O6S4/c1-26(14-38)22(40)36-20-27(16-8-4-6-10-18(16)32-20,12-29(36,45-44)23(41)34(26)2)28-13-30-24(42)35(3)31(15-39,47-46-30)25(43)37(30)21(28)33-19-11-7-5-9-17(19)28/h4-11,20-21,32-33,38-39,44H,12-15H2,1-3H3/t20-,21-,26-,27+,28+,29+,30+,31+/m1/s1. The Hall–Kier alpha value is -2.76. The van der Waals surface area contributed by atoms with E-state index in [9.17, 15) is 29.4 Å². The molecule has 47 heavy (non-hydrogen) atoms. The van der Waals surface area contributed by atoms with Gasteiger partial charge in [0.1, 0.15) is 17.9 Å². The van der Waals surface area contributed by atoms with Gasteiger partial charge in [-0.15, -0.1) is 11.7 Å². The second kappa shape index (κ2) is 9.07. The van der Waals surface area contributed by atoms with E-state index in [-0.39, 0.29) is 30.6 Å².